The molecule has 18 heavy (non-hydrogen) atoms. The third-order valence-electron chi connectivity index (χ3n) is 3.44. The molecule has 0 unspecified atom stereocenters. The van der Waals surface area contributed by atoms with Crippen molar-refractivity contribution in [3.8, 4) is 5.88 Å². The highest BCUT2D eigenvalue weighted by Crippen LogP contribution is 2.28. The third kappa shape index (κ3) is 2.90. The number of nitrogens with zero attached hydrogens (tertiary/aromatic N) is 3. The Labute approximate surface area is 108 Å². The summed E-state index contributed by atoms with van der Waals surface area (Å²) >= 11 is 0. The largest absolute Gasteiger partial charge is 0.481 e. The molecule has 0 atom stereocenters. The second-order valence-corrected chi connectivity index (χ2v) is 4.74. The van der Waals surface area contributed by atoms with E-state index in [0.717, 1.165) is 18.2 Å². The van der Waals surface area contributed by atoms with Crippen molar-refractivity contribution in [3.63, 3.8) is 0 Å². The maximum atomic E-state index is 5.73. The highest BCUT2D eigenvalue weighted by molar-refractivity contribution is 5.43. The minimum atomic E-state index is 0.563. The number of hydrogen-bond donors (Lipinski definition) is 1. The van der Waals surface area contributed by atoms with Crippen molar-refractivity contribution in [3.05, 3.63) is 11.9 Å². The summed E-state index contributed by atoms with van der Waals surface area (Å²) in [5.74, 6) is 2.30. The van der Waals surface area contributed by atoms with E-state index in [4.69, 9.17) is 10.5 Å². The summed E-state index contributed by atoms with van der Waals surface area (Å²) < 4.78 is 5.22. The van der Waals surface area contributed by atoms with Crippen molar-refractivity contribution in [2.75, 3.05) is 25.1 Å². The summed E-state index contributed by atoms with van der Waals surface area (Å²) in [5.41, 5.74) is 5.73. The molecule has 1 aliphatic rings. The van der Waals surface area contributed by atoms with Crippen LogP contribution >= 0.6 is 0 Å². The quantitative estimate of drug-likeness (QED) is 0.858. The van der Waals surface area contributed by atoms with Crippen molar-refractivity contribution in [1.82, 2.24) is 9.97 Å². The highest BCUT2D eigenvalue weighted by atomic mass is 16.5. The number of ether oxygens (including phenoxy) is 1. The summed E-state index contributed by atoms with van der Waals surface area (Å²) in [4.78, 5) is 11.1. The van der Waals surface area contributed by atoms with Crippen LogP contribution in [-0.2, 0) is 0 Å². The van der Waals surface area contributed by atoms with Gasteiger partial charge in [0, 0.05) is 25.2 Å². The summed E-state index contributed by atoms with van der Waals surface area (Å²) in [6.07, 6.45) is 5.05. The number of hydrogen-bond acceptors (Lipinski definition) is 5. The molecule has 100 valence electrons. The van der Waals surface area contributed by atoms with E-state index in [1.807, 2.05) is 13.0 Å². The maximum Gasteiger partial charge on any atom is 0.218 e. The zero-order chi connectivity index (χ0) is 13.0. The van der Waals surface area contributed by atoms with Gasteiger partial charge < -0.3 is 15.4 Å². The number of aromatic nitrogens is 2. The van der Waals surface area contributed by atoms with Crippen LogP contribution in [0.25, 0.3) is 0 Å². The topological polar surface area (TPSA) is 64.3 Å². The SMILES string of the molecule is COc1cc(N(CCN)C2CCCC2)nc(C)n1. The Balaban J connectivity index is 2.25. The second kappa shape index (κ2) is 6.00. The standard InChI is InChI=1S/C13H22N4O/c1-10-15-12(9-13(16-10)18-2)17(8-7-14)11-5-3-4-6-11/h9,11H,3-8,14H2,1-2H3. The lowest BCUT2D eigenvalue weighted by Crippen LogP contribution is -2.38. The van der Waals surface area contributed by atoms with Crippen molar-refractivity contribution < 1.29 is 4.74 Å². The first kappa shape index (κ1) is 13.1. The molecule has 1 fully saturated rings. The Hall–Kier alpha value is -1.36. The number of aryl methyl sites for hydroxylation is 1. The van der Waals surface area contributed by atoms with E-state index in [-0.39, 0.29) is 0 Å². The summed E-state index contributed by atoms with van der Waals surface area (Å²) in [6, 6.07) is 2.47. The molecule has 1 heterocycles. The van der Waals surface area contributed by atoms with Gasteiger partial charge in [0.2, 0.25) is 5.88 Å². The zero-order valence-electron chi connectivity index (χ0n) is 11.2. The molecule has 0 aliphatic heterocycles. The van der Waals surface area contributed by atoms with E-state index < -0.39 is 0 Å². The van der Waals surface area contributed by atoms with E-state index in [0.29, 0.717) is 18.5 Å². The smallest absolute Gasteiger partial charge is 0.218 e. The van der Waals surface area contributed by atoms with E-state index in [1.54, 1.807) is 7.11 Å². The number of nitrogens with two attached hydrogens (primary N) is 1. The van der Waals surface area contributed by atoms with Crippen LogP contribution in [-0.4, -0.2) is 36.2 Å². The molecule has 1 aromatic rings. The zero-order valence-corrected chi connectivity index (χ0v) is 11.2. The predicted molar refractivity (Wildman–Crippen MR) is 72.0 cm³/mol. The summed E-state index contributed by atoms with van der Waals surface area (Å²) in [6.45, 7) is 3.37. The van der Waals surface area contributed by atoms with Crippen LogP contribution in [0.5, 0.6) is 5.88 Å². The number of rotatable bonds is 5. The van der Waals surface area contributed by atoms with Gasteiger partial charge in [-0.2, -0.15) is 4.98 Å². The second-order valence-electron chi connectivity index (χ2n) is 4.74. The Morgan fingerprint density at radius 2 is 2.11 bits per heavy atom. The molecule has 0 radical (unpaired) electrons. The molecule has 2 rings (SSSR count). The van der Waals surface area contributed by atoms with Crippen molar-refractivity contribution in [2.45, 2.75) is 38.6 Å². The Bertz CT molecular complexity index is 391. The molecule has 5 heteroatoms. The molecule has 2 N–H and O–H groups in total. The third-order valence-corrected chi connectivity index (χ3v) is 3.44. The average Bonchev–Trinajstić information content (AvgIpc) is 2.88. The Morgan fingerprint density at radius 3 is 2.72 bits per heavy atom. The van der Waals surface area contributed by atoms with Crippen molar-refractivity contribution >= 4 is 5.82 Å². The number of methoxy groups -OCH3 is 1. The lowest BCUT2D eigenvalue weighted by molar-refractivity contribution is 0.395. The van der Waals surface area contributed by atoms with Crippen molar-refractivity contribution in [1.29, 1.82) is 0 Å². The van der Waals surface area contributed by atoms with Gasteiger partial charge in [0.25, 0.3) is 0 Å². The first-order chi connectivity index (χ1) is 8.74. The van der Waals surface area contributed by atoms with Crippen LogP contribution in [0.1, 0.15) is 31.5 Å². The molecular weight excluding hydrogens is 228 g/mol. The summed E-state index contributed by atoms with van der Waals surface area (Å²) in [5, 5.41) is 0. The van der Waals surface area contributed by atoms with Crippen molar-refractivity contribution in [2.24, 2.45) is 5.73 Å². The first-order valence-electron chi connectivity index (χ1n) is 6.61. The Morgan fingerprint density at radius 1 is 1.39 bits per heavy atom. The van der Waals surface area contributed by atoms with Gasteiger partial charge in [0.1, 0.15) is 11.6 Å². The van der Waals surface area contributed by atoms with Crippen LogP contribution in [0.15, 0.2) is 6.07 Å². The van der Waals surface area contributed by atoms with E-state index in [2.05, 4.69) is 14.9 Å². The lowest BCUT2D eigenvalue weighted by atomic mass is 10.2. The van der Waals surface area contributed by atoms with Gasteiger partial charge in [0.15, 0.2) is 0 Å². The van der Waals surface area contributed by atoms with Gasteiger partial charge in [-0.05, 0) is 19.8 Å². The fourth-order valence-electron chi connectivity index (χ4n) is 2.62. The van der Waals surface area contributed by atoms with E-state index in [1.165, 1.54) is 25.7 Å². The van der Waals surface area contributed by atoms with Crippen LogP contribution in [0, 0.1) is 6.92 Å². The van der Waals surface area contributed by atoms with Gasteiger partial charge in [-0.3, -0.25) is 0 Å². The highest BCUT2D eigenvalue weighted by Gasteiger charge is 2.23. The molecule has 0 aromatic carbocycles. The maximum absolute atomic E-state index is 5.73. The van der Waals surface area contributed by atoms with Crippen LogP contribution in [0.3, 0.4) is 0 Å². The molecular formula is C13H22N4O. The van der Waals surface area contributed by atoms with Crippen LogP contribution < -0.4 is 15.4 Å². The van der Waals surface area contributed by atoms with Gasteiger partial charge >= 0.3 is 0 Å². The molecule has 0 saturated heterocycles. The van der Waals surface area contributed by atoms with Gasteiger partial charge in [-0.1, -0.05) is 12.8 Å². The monoisotopic (exact) mass is 250 g/mol. The average molecular weight is 250 g/mol. The number of anilines is 1. The molecule has 0 spiro atoms. The van der Waals surface area contributed by atoms with Gasteiger partial charge in [-0.25, -0.2) is 4.98 Å². The van der Waals surface area contributed by atoms with Crippen LogP contribution in [0.2, 0.25) is 0 Å². The molecule has 1 aliphatic carbocycles. The first-order valence-corrected chi connectivity index (χ1v) is 6.61. The minimum Gasteiger partial charge on any atom is -0.481 e. The molecule has 5 nitrogen and oxygen atoms in total. The molecule has 0 bridgehead atoms. The molecule has 1 aromatic heterocycles. The normalized spacial score (nSPS) is 15.9. The van der Waals surface area contributed by atoms with E-state index >= 15 is 0 Å². The predicted octanol–water partition coefficient (Wildman–Crippen LogP) is 1.50. The fourth-order valence-corrected chi connectivity index (χ4v) is 2.62. The Kier molecular flexibility index (Phi) is 4.36. The summed E-state index contributed by atoms with van der Waals surface area (Å²) in [7, 11) is 1.63. The van der Waals surface area contributed by atoms with Crippen LogP contribution in [0.4, 0.5) is 5.82 Å². The van der Waals surface area contributed by atoms with E-state index in [9.17, 15) is 0 Å². The molecule has 1 saturated carbocycles. The lowest BCUT2D eigenvalue weighted by Gasteiger charge is -2.29. The molecule has 0 amide bonds. The van der Waals surface area contributed by atoms with Gasteiger partial charge in [0.05, 0.1) is 7.11 Å². The van der Waals surface area contributed by atoms with Gasteiger partial charge in [-0.15, -0.1) is 0 Å². The fraction of sp³-hybridized carbons (Fsp3) is 0.692. The minimum absolute atomic E-state index is 0.563.